The number of nitrogens with zero attached hydrogens (tertiary/aromatic N) is 4. The number of thiazole rings is 1. The molecule has 7 heteroatoms. The number of hydrogen-bond donors (Lipinski definition) is 1. The molecular weight excluding hydrogens is 346 g/mol. The summed E-state index contributed by atoms with van der Waals surface area (Å²) in [5.41, 5.74) is 4.05. The lowest BCUT2D eigenvalue weighted by molar-refractivity contribution is 0.0947. The molecule has 1 aliphatic rings. The molecule has 0 unspecified atom stereocenters. The van der Waals surface area contributed by atoms with Gasteiger partial charge in [0.25, 0.3) is 5.91 Å². The Kier molecular flexibility index (Phi) is 4.46. The summed E-state index contributed by atoms with van der Waals surface area (Å²) in [6.45, 7) is 3.73. The molecule has 6 nitrogen and oxygen atoms in total. The van der Waals surface area contributed by atoms with E-state index in [1.807, 2.05) is 13.2 Å². The molecule has 3 aromatic rings. The van der Waals surface area contributed by atoms with E-state index in [9.17, 15) is 4.79 Å². The molecule has 0 fully saturated rings. The maximum absolute atomic E-state index is 12.5. The predicted molar refractivity (Wildman–Crippen MR) is 104 cm³/mol. The summed E-state index contributed by atoms with van der Waals surface area (Å²) in [5, 5.41) is 9.77. The van der Waals surface area contributed by atoms with E-state index < -0.39 is 0 Å². The monoisotopic (exact) mass is 367 g/mol. The SMILES string of the molecule is C[C@@H](CNC(=O)c1csc(-c2cnn(C)c2)n1)N1CCc2ccccc21. The highest BCUT2D eigenvalue weighted by molar-refractivity contribution is 7.13. The Morgan fingerprint density at radius 1 is 1.38 bits per heavy atom. The summed E-state index contributed by atoms with van der Waals surface area (Å²) in [7, 11) is 1.86. The minimum Gasteiger partial charge on any atom is -0.366 e. The van der Waals surface area contributed by atoms with Crippen LogP contribution >= 0.6 is 11.3 Å². The van der Waals surface area contributed by atoms with Gasteiger partial charge in [-0.05, 0) is 25.0 Å². The lowest BCUT2D eigenvalue weighted by Crippen LogP contribution is -2.41. The molecule has 0 aliphatic carbocycles. The van der Waals surface area contributed by atoms with E-state index in [2.05, 4.69) is 51.5 Å². The third-order valence-corrected chi connectivity index (χ3v) is 5.59. The molecule has 0 saturated heterocycles. The molecule has 1 N–H and O–H groups in total. The van der Waals surface area contributed by atoms with E-state index in [0.717, 1.165) is 23.5 Å². The number of rotatable bonds is 5. The topological polar surface area (TPSA) is 63.1 Å². The van der Waals surface area contributed by atoms with Crippen molar-refractivity contribution in [2.75, 3.05) is 18.0 Å². The number of benzene rings is 1. The molecule has 2 aromatic heterocycles. The van der Waals surface area contributed by atoms with Crippen LogP contribution in [0.2, 0.25) is 0 Å². The van der Waals surface area contributed by atoms with Gasteiger partial charge in [-0.3, -0.25) is 9.48 Å². The van der Waals surface area contributed by atoms with Crippen molar-refractivity contribution in [2.24, 2.45) is 7.05 Å². The number of aryl methyl sites for hydroxylation is 1. The van der Waals surface area contributed by atoms with Crippen molar-refractivity contribution >= 4 is 22.9 Å². The Labute approximate surface area is 156 Å². The number of nitrogens with one attached hydrogen (secondary N) is 1. The maximum Gasteiger partial charge on any atom is 0.270 e. The van der Waals surface area contributed by atoms with Crippen molar-refractivity contribution in [1.82, 2.24) is 20.1 Å². The van der Waals surface area contributed by atoms with E-state index >= 15 is 0 Å². The van der Waals surface area contributed by atoms with Gasteiger partial charge in [-0.15, -0.1) is 11.3 Å². The number of carbonyl (C=O) groups excluding carboxylic acids is 1. The lowest BCUT2D eigenvalue weighted by atomic mass is 10.2. The Bertz CT molecular complexity index is 931. The average Bonchev–Trinajstić information content (AvgIpc) is 3.37. The van der Waals surface area contributed by atoms with Gasteiger partial charge < -0.3 is 10.2 Å². The summed E-state index contributed by atoms with van der Waals surface area (Å²) in [4.78, 5) is 19.3. The van der Waals surface area contributed by atoms with Crippen LogP contribution in [0.5, 0.6) is 0 Å². The van der Waals surface area contributed by atoms with Gasteiger partial charge in [0.1, 0.15) is 10.7 Å². The minimum atomic E-state index is -0.129. The van der Waals surface area contributed by atoms with Gasteiger partial charge in [0, 0.05) is 49.0 Å². The number of anilines is 1. The van der Waals surface area contributed by atoms with Crippen LogP contribution in [0, 0.1) is 0 Å². The Morgan fingerprint density at radius 2 is 2.23 bits per heavy atom. The average molecular weight is 367 g/mol. The van der Waals surface area contributed by atoms with Crippen LogP contribution in [0.3, 0.4) is 0 Å². The highest BCUT2D eigenvalue weighted by Gasteiger charge is 2.23. The minimum absolute atomic E-state index is 0.129. The highest BCUT2D eigenvalue weighted by atomic mass is 32.1. The van der Waals surface area contributed by atoms with Gasteiger partial charge in [-0.2, -0.15) is 5.10 Å². The molecule has 1 aromatic carbocycles. The van der Waals surface area contributed by atoms with Gasteiger partial charge >= 0.3 is 0 Å². The van der Waals surface area contributed by atoms with Crippen molar-refractivity contribution in [3.63, 3.8) is 0 Å². The van der Waals surface area contributed by atoms with E-state index in [0.29, 0.717) is 12.2 Å². The largest absolute Gasteiger partial charge is 0.366 e. The van der Waals surface area contributed by atoms with Crippen LogP contribution in [0.4, 0.5) is 5.69 Å². The van der Waals surface area contributed by atoms with E-state index in [1.165, 1.54) is 22.6 Å². The van der Waals surface area contributed by atoms with Gasteiger partial charge in [-0.25, -0.2) is 4.98 Å². The first-order chi connectivity index (χ1) is 12.6. The molecule has 1 amide bonds. The fourth-order valence-electron chi connectivity index (χ4n) is 3.31. The third kappa shape index (κ3) is 3.22. The molecule has 3 heterocycles. The Morgan fingerprint density at radius 3 is 3.04 bits per heavy atom. The summed E-state index contributed by atoms with van der Waals surface area (Å²) in [5.74, 6) is -0.129. The third-order valence-electron chi connectivity index (χ3n) is 4.70. The first-order valence-corrected chi connectivity index (χ1v) is 9.57. The number of para-hydroxylation sites is 1. The summed E-state index contributed by atoms with van der Waals surface area (Å²) >= 11 is 1.46. The molecule has 26 heavy (non-hydrogen) atoms. The van der Waals surface area contributed by atoms with Crippen LogP contribution in [0.25, 0.3) is 10.6 Å². The van der Waals surface area contributed by atoms with Gasteiger partial charge in [0.2, 0.25) is 0 Å². The van der Waals surface area contributed by atoms with Crippen LogP contribution in [-0.2, 0) is 13.5 Å². The fourth-order valence-corrected chi connectivity index (χ4v) is 4.08. The summed E-state index contributed by atoms with van der Waals surface area (Å²) < 4.78 is 1.73. The predicted octanol–water partition coefficient (Wildman–Crippen LogP) is 2.72. The molecule has 4 rings (SSSR count). The van der Waals surface area contributed by atoms with Crippen LogP contribution < -0.4 is 10.2 Å². The first kappa shape index (κ1) is 16.8. The zero-order valence-electron chi connectivity index (χ0n) is 14.8. The zero-order valence-corrected chi connectivity index (χ0v) is 15.7. The number of carbonyl (C=O) groups is 1. The second-order valence-corrected chi connectivity index (χ2v) is 7.43. The van der Waals surface area contributed by atoms with Crippen molar-refractivity contribution in [3.8, 4) is 10.6 Å². The fraction of sp³-hybridized carbons (Fsp3) is 0.316. The molecule has 134 valence electrons. The normalized spacial score (nSPS) is 14.3. The quantitative estimate of drug-likeness (QED) is 0.753. The molecular formula is C19H21N5OS. The molecule has 0 radical (unpaired) electrons. The standard InChI is InChI=1S/C19H21N5OS/c1-13(24-8-7-14-5-3-4-6-17(14)24)9-20-18(25)16-12-26-19(22-16)15-10-21-23(2)11-15/h3-6,10-13H,7-9H2,1-2H3,(H,20,25)/t13-/m0/s1. The Balaban J connectivity index is 1.38. The first-order valence-electron chi connectivity index (χ1n) is 8.69. The van der Waals surface area contributed by atoms with Crippen LogP contribution in [-0.4, -0.2) is 39.8 Å². The Hall–Kier alpha value is -2.67. The van der Waals surface area contributed by atoms with Gasteiger partial charge in [0.05, 0.1) is 6.20 Å². The number of fused-ring (bicyclic) bond motifs is 1. The second kappa shape index (κ2) is 6.92. The second-order valence-electron chi connectivity index (χ2n) is 6.57. The number of hydrogen-bond acceptors (Lipinski definition) is 5. The molecule has 1 atom stereocenters. The zero-order chi connectivity index (χ0) is 18.1. The molecule has 0 spiro atoms. The summed E-state index contributed by atoms with van der Waals surface area (Å²) in [6, 6.07) is 8.71. The maximum atomic E-state index is 12.5. The van der Waals surface area contributed by atoms with E-state index in [-0.39, 0.29) is 11.9 Å². The van der Waals surface area contributed by atoms with Gasteiger partial charge in [0.15, 0.2) is 0 Å². The smallest absolute Gasteiger partial charge is 0.270 e. The summed E-state index contributed by atoms with van der Waals surface area (Å²) in [6.07, 6.45) is 4.72. The lowest BCUT2D eigenvalue weighted by Gasteiger charge is -2.27. The number of aromatic nitrogens is 3. The van der Waals surface area contributed by atoms with E-state index in [4.69, 9.17) is 0 Å². The van der Waals surface area contributed by atoms with Crippen molar-refractivity contribution in [2.45, 2.75) is 19.4 Å². The number of amides is 1. The van der Waals surface area contributed by atoms with Crippen LogP contribution in [0.15, 0.2) is 42.0 Å². The van der Waals surface area contributed by atoms with Gasteiger partial charge in [-0.1, -0.05) is 18.2 Å². The van der Waals surface area contributed by atoms with E-state index in [1.54, 1.807) is 16.3 Å². The molecule has 1 aliphatic heterocycles. The van der Waals surface area contributed by atoms with Crippen LogP contribution in [0.1, 0.15) is 23.0 Å². The van der Waals surface area contributed by atoms with Crippen molar-refractivity contribution < 1.29 is 4.79 Å². The molecule has 0 saturated carbocycles. The molecule has 0 bridgehead atoms. The van der Waals surface area contributed by atoms with Crippen molar-refractivity contribution in [3.05, 3.63) is 53.3 Å². The van der Waals surface area contributed by atoms with Crippen molar-refractivity contribution in [1.29, 1.82) is 0 Å². The highest BCUT2D eigenvalue weighted by Crippen LogP contribution is 2.29.